The van der Waals surface area contributed by atoms with E-state index in [1.807, 2.05) is 4.90 Å². The van der Waals surface area contributed by atoms with Gasteiger partial charge >= 0.3 is 5.97 Å². The van der Waals surface area contributed by atoms with Crippen molar-refractivity contribution in [2.45, 2.75) is 44.1 Å². The molecule has 3 N–H and O–H groups in total. The topological polar surface area (TPSA) is 83.6 Å². The van der Waals surface area contributed by atoms with Crippen molar-refractivity contribution in [2.75, 3.05) is 13.1 Å². The third-order valence-electron chi connectivity index (χ3n) is 3.88. The number of carbonyl (C=O) groups is 2. The monoisotopic (exact) mass is 240 g/mol. The van der Waals surface area contributed by atoms with Crippen LogP contribution in [0.4, 0.5) is 0 Å². The Kier molecular flexibility index (Phi) is 3.38. The molecule has 1 saturated carbocycles. The van der Waals surface area contributed by atoms with Gasteiger partial charge in [0.1, 0.15) is 0 Å². The van der Waals surface area contributed by atoms with E-state index in [9.17, 15) is 9.59 Å². The summed E-state index contributed by atoms with van der Waals surface area (Å²) in [6.07, 6.45) is 4.41. The van der Waals surface area contributed by atoms with Crippen molar-refractivity contribution in [3.05, 3.63) is 0 Å². The zero-order valence-electron chi connectivity index (χ0n) is 10.0. The molecule has 0 spiro atoms. The number of hydrogen-bond acceptors (Lipinski definition) is 3. The van der Waals surface area contributed by atoms with Crippen molar-refractivity contribution in [3.8, 4) is 0 Å². The average Bonchev–Trinajstić information content (AvgIpc) is 3.06. The van der Waals surface area contributed by atoms with E-state index in [4.69, 9.17) is 10.8 Å². The number of nitrogens with two attached hydrogens (primary N) is 1. The van der Waals surface area contributed by atoms with E-state index in [0.717, 1.165) is 45.2 Å². The van der Waals surface area contributed by atoms with E-state index in [0.29, 0.717) is 5.92 Å². The normalized spacial score (nSPS) is 23.5. The van der Waals surface area contributed by atoms with Gasteiger partial charge in [0, 0.05) is 19.5 Å². The highest BCUT2D eigenvalue weighted by Gasteiger charge is 2.48. The molecule has 0 atom stereocenters. The molecule has 0 aromatic heterocycles. The Morgan fingerprint density at radius 2 is 1.88 bits per heavy atom. The Bertz CT molecular complexity index is 318. The number of aliphatic carboxylic acids is 1. The molecule has 5 nitrogen and oxygen atoms in total. The van der Waals surface area contributed by atoms with Crippen molar-refractivity contribution in [1.29, 1.82) is 0 Å². The number of carbonyl (C=O) groups excluding carboxylic acids is 1. The van der Waals surface area contributed by atoms with Crippen molar-refractivity contribution in [2.24, 2.45) is 11.7 Å². The second kappa shape index (κ2) is 4.64. The molecule has 0 unspecified atom stereocenters. The second-order valence-corrected chi connectivity index (χ2v) is 5.32. The molecule has 2 fully saturated rings. The minimum Gasteiger partial charge on any atom is -0.481 e. The van der Waals surface area contributed by atoms with Crippen LogP contribution in [0.1, 0.15) is 38.5 Å². The first-order valence-electron chi connectivity index (χ1n) is 6.31. The third kappa shape index (κ3) is 2.97. The van der Waals surface area contributed by atoms with E-state index in [-0.39, 0.29) is 12.3 Å². The first-order chi connectivity index (χ1) is 8.01. The number of carboxylic acid groups (broad SMARTS) is 1. The van der Waals surface area contributed by atoms with Gasteiger partial charge in [0.15, 0.2) is 0 Å². The number of amides is 1. The van der Waals surface area contributed by atoms with Crippen LogP contribution in [-0.4, -0.2) is 40.5 Å². The summed E-state index contributed by atoms with van der Waals surface area (Å²) in [5, 5.41) is 8.62. The van der Waals surface area contributed by atoms with Gasteiger partial charge < -0.3 is 15.7 Å². The van der Waals surface area contributed by atoms with Gasteiger partial charge in [-0.2, -0.15) is 0 Å². The molecule has 0 aromatic rings. The van der Waals surface area contributed by atoms with Crippen LogP contribution in [0, 0.1) is 5.92 Å². The SMILES string of the molecule is NC1(C(=O)N2CCC(CCC(=O)O)CC2)CC1. The van der Waals surface area contributed by atoms with E-state index >= 15 is 0 Å². The molecule has 0 radical (unpaired) electrons. The maximum Gasteiger partial charge on any atom is 0.303 e. The van der Waals surface area contributed by atoms with Crippen LogP contribution in [0.25, 0.3) is 0 Å². The smallest absolute Gasteiger partial charge is 0.303 e. The molecule has 5 heteroatoms. The average molecular weight is 240 g/mol. The van der Waals surface area contributed by atoms with Gasteiger partial charge in [0.05, 0.1) is 5.54 Å². The number of likely N-dealkylation sites (tertiary alicyclic amines) is 1. The van der Waals surface area contributed by atoms with Gasteiger partial charge in [-0.05, 0) is 38.0 Å². The summed E-state index contributed by atoms with van der Waals surface area (Å²) in [5.41, 5.74) is 5.32. The number of carboxylic acids is 1. The minimum atomic E-state index is -0.734. The maximum atomic E-state index is 12.0. The van der Waals surface area contributed by atoms with Crippen LogP contribution >= 0.6 is 0 Å². The Labute approximate surface area is 101 Å². The standard InChI is InChI=1S/C12H20N2O3/c13-12(5-6-12)11(17)14-7-3-9(4-8-14)1-2-10(15)16/h9H,1-8,13H2,(H,15,16). The van der Waals surface area contributed by atoms with E-state index in [2.05, 4.69) is 0 Å². The lowest BCUT2D eigenvalue weighted by molar-refractivity contribution is -0.138. The summed E-state index contributed by atoms with van der Waals surface area (Å²) in [6, 6.07) is 0. The van der Waals surface area contributed by atoms with Crippen LogP contribution in [0.3, 0.4) is 0 Å². The molecule has 2 rings (SSSR count). The van der Waals surface area contributed by atoms with Gasteiger partial charge in [-0.15, -0.1) is 0 Å². The first-order valence-corrected chi connectivity index (χ1v) is 6.31. The Morgan fingerprint density at radius 1 is 1.29 bits per heavy atom. The van der Waals surface area contributed by atoms with E-state index in [1.165, 1.54) is 0 Å². The number of nitrogens with zero attached hydrogens (tertiary/aromatic N) is 1. The summed E-state index contributed by atoms with van der Waals surface area (Å²) in [5.74, 6) is -0.195. The minimum absolute atomic E-state index is 0.0918. The molecular formula is C12H20N2O3. The zero-order valence-corrected chi connectivity index (χ0v) is 10.0. The fraction of sp³-hybridized carbons (Fsp3) is 0.833. The fourth-order valence-electron chi connectivity index (χ4n) is 2.42. The summed E-state index contributed by atoms with van der Waals surface area (Å²) in [7, 11) is 0. The molecule has 0 bridgehead atoms. The Hall–Kier alpha value is -1.10. The van der Waals surface area contributed by atoms with Crippen molar-refractivity contribution in [1.82, 2.24) is 4.90 Å². The molecule has 17 heavy (non-hydrogen) atoms. The molecule has 1 amide bonds. The summed E-state index contributed by atoms with van der Waals surface area (Å²) >= 11 is 0. The molecule has 96 valence electrons. The van der Waals surface area contributed by atoms with Crippen LogP contribution in [0.5, 0.6) is 0 Å². The highest BCUT2D eigenvalue weighted by atomic mass is 16.4. The van der Waals surface area contributed by atoms with E-state index < -0.39 is 11.5 Å². The number of rotatable bonds is 4. The van der Waals surface area contributed by atoms with Crippen LogP contribution in [0.15, 0.2) is 0 Å². The van der Waals surface area contributed by atoms with Gasteiger partial charge in [-0.1, -0.05) is 0 Å². The first kappa shape index (κ1) is 12.4. The van der Waals surface area contributed by atoms with Gasteiger partial charge in [0.25, 0.3) is 0 Å². The largest absolute Gasteiger partial charge is 0.481 e. The second-order valence-electron chi connectivity index (χ2n) is 5.32. The number of piperidine rings is 1. The molecule has 1 aliphatic carbocycles. The summed E-state index contributed by atoms with van der Waals surface area (Å²) in [4.78, 5) is 24.3. The third-order valence-corrected chi connectivity index (χ3v) is 3.88. The lowest BCUT2D eigenvalue weighted by Gasteiger charge is -2.33. The van der Waals surface area contributed by atoms with Crippen LogP contribution < -0.4 is 5.73 Å². The highest BCUT2D eigenvalue weighted by Crippen LogP contribution is 2.35. The Morgan fingerprint density at radius 3 is 2.35 bits per heavy atom. The molecule has 1 aliphatic heterocycles. The van der Waals surface area contributed by atoms with Crippen LogP contribution in [-0.2, 0) is 9.59 Å². The molecular weight excluding hydrogens is 220 g/mol. The van der Waals surface area contributed by atoms with E-state index in [1.54, 1.807) is 0 Å². The quantitative estimate of drug-likeness (QED) is 0.753. The Balaban J connectivity index is 1.74. The molecule has 0 aromatic carbocycles. The predicted octanol–water partition coefficient (Wildman–Crippen LogP) is 0.581. The van der Waals surface area contributed by atoms with Gasteiger partial charge in [-0.25, -0.2) is 0 Å². The molecule has 1 saturated heterocycles. The number of hydrogen-bond donors (Lipinski definition) is 2. The maximum absolute atomic E-state index is 12.0. The van der Waals surface area contributed by atoms with Crippen molar-refractivity contribution < 1.29 is 14.7 Å². The van der Waals surface area contributed by atoms with Crippen molar-refractivity contribution >= 4 is 11.9 Å². The predicted molar refractivity (Wildman–Crippen MR) is 62.3 cm³/mol. The molecule has 1 heterocycles. The van der Waals surface area contributed by atoms with Gasteiger partial charge in [0.2, 0.25) is 5.91 Å². The van der Waals surface area contributed by atoms with Crippen molar-refractivity contribution in [3.63, 3.8) is 0 Å². The van der Waals surface area contributed by atoms with Crippen LogP contribution in [0.2, 0.25) is 0 Å². The zero-order chi connectivity index (χ0) is 12.5. The lowest BCUT2D eigenvalue weighted by Crippen LogP contribution is -2.48. The lowest BCUT2D eigenvalue weighted by atomic mass is 9.92. The summed E-state index contributed by atoms with van der Waals surface area (Å²) < 4.78 is 0. The van der Waals surface area contributed by atoms with Gasteiger partial charge in [-0.3, -0.25) is 9.59 Å². The molecule has 2 aliphatic rings. The fourth-order valence-corrected chi connectivity index (χ4v) is 2.42. The highest BCUT2D eigenvalue weighted by molar-refractivity contribution is 5.89. The summed E-state index contributed by atoms with van der Waals surface area (Å²) in [6.45, 7) is 1.48.